The second kappa shape index (κ2) is 8.73. The summed E-state index contributed by atoms with van der Waals surface area (Å²) in [5.41, 5.74) is 2.52. The van der Waals surface area contributed by atoms with E-state index in [1.807, 2.05) is 50.2 Å². The fourth-order valence-corrected chi connectivity index (χ4v) is 2.84. The monoisotopic (exact) mass is 378 g/mol. The summed E-state index contributed by atoms with van der Waals surface area (Å²) in [5.74, 6) is 0.826. The maximum absolute atomic E-state index is 12.5. The van der Waals surface area contributed by atoms with Crippen LogP contribution in [0.3, 0.4) is 0 Å². The first-order chi connectivity index (χ1) is 13.4. The average molecular weight is 378 g/mol. The quantitative estimate of drug-likeness (QED) is 0.681. The van der Waals surface area contributed by atoms with E-state index in [4.69, 9.17) is 0 Å². The van der Waals surface area contributed by atoms with Crippen LogP contribution in [0.25, 0.3) is 0 Å². The van der Waals surface area contributed by atoms with Gasteiger partial charge >= 0.3 is 0 Å². The lowest BCUT2D eigenvalue weighted by molar-refractivity contribution is 0.0923. The number of pyridine rings is 1. The zero-order valence-electron chi connectivity index (χ0n) is 16.7. The molecule has 1 unspecified atom stereocenters. The van der Waals surface area contributed by atoms with E-state index in [-0.39, 0.29) is 17.9 Å². The molecule has 1 amide bonds. The molecule has 0 bridgehead atoms. The summed E-state index contributed by atoms with van der Waals surface area (Å²) in [6.07, 6.45) is 0. The zero-order chi connectivity index (χ0) is 20.1. The van der Waals surface area contributed by atoms with Crippen LogP contribution >= 0.6 is 0 Å². The van der Waals surface area contributed by atoms with Crippen molar-refractivity contribution in [1.29, 1.82) is 0 Å². The van der Waals surface area contributed by atoms with Gasteiger partial charge in [-0.05, 0) is 41.3 Å². The molecule has 2 aromatic heterocycles. The molecule has 0 radical (unpaired) electrons. The summed E-state index contributed by atoms with van der Waals surface area (Å²) in [4.78, 5) is 18.7. The standard InChI is InChI=1S/C21H26N6O/c1-14(2)18-12-8-11-17(22-18)13-27-25-20(24-26-27)19(15(3)4)23-21(28)16-9-6-5-7-10-16/h5-12,14-15,19H,13H2,1-4H3,(H,23,28). The average Bonchev–Trinajstić information content (AvgIpc) is 3.14. The number of aromatic nitrogens is 5. The van der Waals surface area contributed by atoms with Crippen LogP contribution in [0.2, 0.25) is 0 Å². The summed E-state index contributed by atoms with van der Waals surface area (Å²) in [5, 5.41) is 15.8. The number of carbonyl (C=O) groups is 1. The van der Waals surface area contributed by atoms with E-state index >= 15 is 0 Å². The van der Waals surface area contributed by atoms with Crippen LogP contribution in [0.15, 0.2) is 48.5 Å². The number of amides is 1. The lowest BCUT2D eigenvalue weighted by Gasteiger charge is -2.19. The van der Waals surface area contributed by atoms with Crippen molar-refractivity contribution < 1.29 is 4.79 Å². The number of rotatable bonds is 7. The first kappa shape index (κ1) is 19.7. The van der Waals surface area contributed by atoms with Gasteiger partial charge in [0.25, 0.3) is 5.91 Å². The molecule has 146 valence electrons. The van der Waals surface area contributed by atoms with Gasteiger partial charge in [0, 0.05) is 11.3 Å². The Kier molecular flexibility index (Phi) is 6.13. The first-order valence-electron chi connectivity index (χ1n) is 9.53. The molecule has 7 heteroatoms. The molecule has 7 nitrogen and oxygen atoms in total. The molecule has 0 spiro atoms. The second-order valence-corrected chi connectivity index (χ2v) is 7.45. The minimum Gasteiger partial charge on any atom is -0.342 e. The van der Waals surface area contributed by atoms with Crippen molar-refractivity contribution in [2.45, 2.75) is 46.2 Å². The lowest BCUT2D eigenvalue weighted by atomic mass is 10.0. The van der Waals surface area contributed by atoms with Crippen LogP contribution in [-0.4, -0.2) is 31.1 Å². The van der Waals surface area contributed by atoms with E-state index in [9.17, 15) is 4.79 Å². The number of nitrogens with zero attached hydrogens (tertiary/aromatic N) is 5. The van der Waals surface area contributed by atoms with Gasteiger partial charge < -0.3 is 5.32 Å². The van der Waals surface area contributed by atoms with Gasteiger partial charge in [0.2, 0.25) is 0 Å². The Morgan fingerprint density at radius 1 is 1.04 bits per heavy atom. The van der Waals surface area contributed by atoms with Crippen LogP contribution in [0.4, 0.5) is 0 Å². The number of hydrogen-bond donors (Lipinski definition) is 1. The fraction of sp³-hybridized carbons (Fsp3) is 0.381. The fourth-order valence-electron chi connectivity index (χ4n) is 2.84. The van der Waals surface area contributed by atoms with Gasteiger partial charge in [0.05, 0.1) is 11.7 Å². The van der Waals surface area contributed by atoms with Crippen molar-refractivity contribution in [2.24, 2.45) is 5.92 Å². The molecular formula is C21H26N6O. The highest BCUT2D eigenvalue weighted by Crippen LogP contribution is 2.18. The topological polar surface area (TPSA) is 85.6 Å². The van der Waals surface area contributed by atoms with Crippen LogP contribution in [0, 0.1) is 5.92 Å². The van der Waals surface area contributed by atoms with Gasteiger partial charge in [0.1, 0.15) is 6.54 Å². The Balaban J connectivity index is 1.74. The van der Waals surface area contributed by atoms with Gasteiger partial charge in [-0.3, -0.25) is 9.78 Å². The molecule has 0 aliphatic carbocycles. The SMILES string of the molecule is CC(C)c1cccc(Cn2nnc(C(NC(=O)c3ccccc3)C(C)C)n2)n1. The van der Waals surface area contributed by atoms with Crippen LogP contribution in [-0.2, 0) is 6.54 Å². The van der Waals surface area contributed by atoms with Crippen LogP contribution < -0.4 is 5.32 Å². The van der Waals surface area contributed by atoms with Crippen molar-refractivity contribution in [1.82, 2.24) is 30.5 Å². The zero-order valence-corrected chi connectivity index (χ0v) is 16.7. The molecule has 0 fully saturated rings. The van der Waals surface area contributed by atoms with E-state index in [2.05, 4.69) is 39.6 Å². The highest BCUT2D eigenvalue weighted by molar-refractivity contribution is 5.94. The number of nitrogens with one attached hydrogen (secondary N) is 1. The smallest absolute Gasteiger partial charge is 0.251 e. The van der Waals surface area contributed by atoms with Crippen molar-refractivity contribution in [2.75, 3.05) is 0 Å². The van der Waals surface area contributed by atoms with Crippen molar-refractivity contribution in [3.05, 3.63) is 71.3 Å². The Hall–Kier alpha value is -3.09. The van der Waals surface area contributed by atoms with E-state index < -0.39 is 0 Å². The third kappa shape index (κ3) is 4.79. The largest absolute Gasteiger partial charge is 0.342 e. The molecule has 0 aliphatic rings. The highest BCUT2D eigenvalue weighted by Gasteiger charge is 2.23. The van der Waals surface area contributed by atoms with Crippen LogP contribution in [0.5, 0.6) is 0 Å². The normalized spacial score (nSPS) is 12.4. The molecule has 3 aromatic rings. The first-order valence-corrected chi connectivity index (χ1v) is 9.53. The molecule has 2 heterocycles. The Morgan fingerprint density at radius 3 is 2.46 bits per heavy atom. The van der Waals surface area contributed by atoms with Crippen molar-refractivity contribution >= 4 is 5.91 Å². The lowest BCUT2D eigenvalue weighted by Crippen LogP contribution is -2.32. The van der Waals surface area contributed by atoms with Gasteiger partial charge in [-0.1, -0.05) is 52.0 Å². The molecule has 28 heavy (non-hydrogen) atoms. The third-order valence-electron chi connectivity index (χ3n) is 4.46. The molecule has 0 aliphatic heterocycles. The predicted octanol–water partition coefficient (Wildman–Crippen LogP) is 3.37. The molecule has 3 rings (SSSR count). The molecular weight excluding hydrogens is 352 g/mol. The molecule has 1 aromatic carbocycles. The minimum atomic E-state index is -0.323. The predicted molar refractivity (Wildman–Crippen MR) is 107 cm³/mol. The minimum absolute atomic E-state index is 0.118. The summed E-state index contributed by atoms with van der Waals surface area (Å²) >= 11 is 0. The molecule has 1 atom stereocenters. The number of tetrazole rings is 1. The van der Waals surface area contributed by atoms with E-state index in [0.29, 0.717) is 23.9 Å². The molecule has 1 N–H and O–H groups in total. The second-order valence-electron chi connectivity index (χ2n) is 7.45. The number of hydrogen-bond acceptors (Lipinski definition) is 5. The Labute approximate surface area is 165 Å². The highest BCUT2D eigenvalue weighted by atomic mass is 16.1. The van der Waals surface area contributed by atoms with Gasteiger partial charge in [-0.15, -0.1) is 10.2 Å². The summed E-state index contributed by atoms with van der Waals surface area (Å²) < 4.78 is 0. The van der Waals surface area contributed by atoms with Gasteiger partial charge in [-0.2, -0.15) is 4.80 Å². The summed E-state index contributed by atoms with van der Waals surface area (Å²) in [6.45, 7) is 8.70. The molecule has 0 saturated heterocycles. The van der Waals surface area contributed by atoms with Gasteiger partial charge in [0.15, 0.2) is 5.82 Å². The molecule has 0 saturated carbocycles. The summed E-state index contributed by atoms with van der Waals surface area (Å²) in [7, 11) is 0. The Bertz CT molecular complexity index is 919. The van der Waals surface area contributed by atoms with Crippen LogP contribution in [0.1, 0.15) is 67.2 Å². The van der Waals surface area contributed by atoms with E-state index in [0.717, 1.165) is 11.4 Å². The Morgan fingerprint density at radius 2 is 1.79 bits per heavy atom. The van der Waals surface area contributed by atoms with Crippen molar-refractivity contribution in [3.8, 4) is 0 Å². The third-order valence-corrected chi connectivity index (χ3v) is 4.46. The van der Waals surface area contributed by atoms with E-state index in [1.54, 1.807) is 12.1 Å². The number of carbonyl (C=O) groups excluding carboxylic acids is 1. The maximum Gasteiger partial charge on any atom is 0.251 e. The van der Waals surface area contributed by atoms with Crippen molar-refractivity contribution in [3.63, 3.8) is 0 Å². The number of benzene rings is 1. The summed E-state index contributed by atoms with van der Waals surface area (Å²) in [6, 6.07) is 14.8. The maximum atomic E-state index is 12.5. The van der Waals surface area contributed by atoms with Gasteiger partial charge in [-0.25, -0.2) is 0 Å². The van der Waals surface area contributed by atoms with E-state index in [1.165, 1.54) is 4.80 Å².